The first-order valence-corrected chi connectivity index (χ1v) is 12.0. The van der Waals surface area contributed by atoms with E-state index >= 15 is 0 Å². The molecule has 174 valence electrons. The molecule has 0 N–H and O–H groups in total. The molecular weight excluding hydrogens is 426 g/mol. The summed E-state index contributed by atoms with van der Waals surface area (Å²) < 4.78 is 30.7. The third-order valence-corrected chi connectivity index (χ3v) is 7.13. The van der Waals surface area contributed by atoms with E-state index in [1.54, 1.807) is 24.3 Å². The summed E-state index contributed by atoms with van der Waals surface area (Å²) in [6.07, 6.45) is 0. The number of carbonyl (C=O) groups excluding carboxylic acids is 1. The molecule has 1 fully saturated rings. The minimum atomic E-state index is -2.78. The molecule has 0 radical (unpaired) electrons. The lowest BCUT2D eigenvalue weighted by molar-refractivity contribution is 0.0279. The predicted molar refractivity (Wildman–Crippen MR) is 126 cm³/mol. The van der Waals surface area contributed by atoms with Gasteiger partial charge >= 0.3 is 5.97 Å². The molecule has 1 saturated heterocycles. The first-order chi connectivity index (χ1) is 15.3. The molecule has 1 aliphatic rings. The molecule has 3 atom stereocenters. The van der Waals surface area contributed by atoms with Gasteiger partial charge in [0.05, 0.1) is 12.7 Å². The summed E-state index contributed by atoms with van der Waals surface area (Å²) in [6.45, 7) is 6.78. The molecule has 0 aromatic heterocycles. The molecule has 2 aromatic carbocycles. The highest BCUT2D eigenvalue weighted by molar-refractivity contribution is 7.69. The van der Waals surface area contributed by atoms with Crippen molar-refractivity contribution in [2.75, 3.05) is 33.8 Å². The molecule has 0 spiro atoms. The summed E-state index contributed by atoms with van der Waals surface area (Å²) in [6, 6.07) is 17.7. The maximum absolute atomic E-state index is 12.2. The van der Waals surface area contributed by atoms with Crippen molar-refractivity contribution >= 4 is 16.9 Å². The van der Waals surface area contributed by atoms with Gasteiger partial charge in [-0.1, -0.05) is 42.5 Å². The van der Waals surface area contributed by atoms with Crippen LogP contribution in [0, 0.1) is 0 Å². The molecule has 7 nitrogen and oxygen atoms in total. The minimum Gasteiger partial charge on any atom is -0.465 e. The van der Waals surface area contributed by atoms with Crippen LogP contribution in [0.4, 0.5) is 0 Å². The number of hydrogen-bond acceptors (Lipinski definition) is 6. The van der Waals surface area contributed by atoms with E-state index in [2.05, 4.69) is 42.8 Å². The molecular formula is C24H33N3O4S. The van der Waals surface area contributed by atoms with Crippen LogP contribution in [-0.4, -0.2) is 74.4 Å². The van der Waals surface area contributed by atoms with Crippen molar-refractivity contribution < 1.29 is 17.9 Å². The summed E-state index contributed by atoms with van der Waals surface area (Å²) >= 11 is 0. The van der Waals surface area contributed by atoms with Gasteiger partial charge in [0, 0.05) is 44.3 Å². The smallest absolute Gasteiger partial charge is 0.337 e. The van der Waals surface area contributed by atoms with E-state index in [1.807, 2.05) is 18.2 Å². The minimum absolute atomic E-state index is 0.0444. The molecule has 0 saturated carbocycles. The van der Waals surface area contributed by atoms with Crippen molar-refractivity contribution in [3.05, 3.63) is 71.3 Å². The largest absolute Gasteiger partial charge is 0.465 e. The summed E-state index contributed by atoms with van der Waals surface area (Å²) in [7, 11) is 0.698. The van der Waals surface area contributed by atoms with Gasteiger partial charge in [0.15, 0.2) is 0 Å². The third kappa shape index (κ3) is 5.95. The van der Waals surface area contributed by atoms with Crippen LogP contribution in [0.3, 0.4) is 0 Å². The maximum Gasteiger partial charge on any atom is 0.337 e. The molecule has 1 unspecified atom stereocenters. The van der Waals surface area contributed by atoms with Crippen LogP contribution in [0.2, 0.25) is 0 Å². The lowest BCUT2D eigenvalue weighted by Crippen LogP contribution is -2.56. The number of methoxy groups -OCH3 is 1. The number of thiol groups is 1. The standard InChI is InChI=1S/C24H33N3O4S/c1-18-14-26(15-19(2)25(18)3)23(21-8-6-5-7-9-21)17-27(32(29)30)16-20-10-12-22(13-11-20)24(28)31-4/h5-13,18-19,23,32H,14-17H2,1-4H3/t18-,19+,23?. The molecule has 32 heavy (non-hydrogen) atoms. The first kappa shape index (κ1) is 24.4. The van der Waals surface area contributed by atoms with Crippen molar-refractivity contribution in [1.29, 1.82) is 0 Å². The Morgan fingerprint density at radius 1 is 1.06 bits per heavy atom. The van der Waals surface area contributed by atoms with E-state index in [-0.39, 0.29) is 12.6 Å². The van der Waals surface area contributed by atoms with E-state index < -0.39 is 16.9 Å². The number of carbonyl (C=O) groups is 1. The molecule has 1 heterocycles. The highest BCUT2D eigenvalue weighted by Crippen LogP contribution is 2.27. The Morgan fingerprint density at radius 3 is 2.19 bits per heavy atom. The molecule has 0 bridgehead atoms. The van der Waals surface area contributed by atoms with Gasteiger partial charge in [0.1, 0.15) is 0 Å². The van der Waals surface area contributed by atoms with Crippen LogP contribution in [0.1, 0.15) is 41.4 Å². The fourth-order valence-corrected chi connectivity index (χ4v) is 4.84. The molecule has 8 heteroatoms. The van der Waals surface area contributed by atoms with Crippen LogP contribution < -0.4 is 0 Å². The lowest BCUT2D eigenvalue weighted by Gasteiger charge is -2.46. The zero-order valence-electron chi connectivity index (χ0n) is 19.2. The van der Waals surface area contributed by atoms with Crippen molar-refractivity contribution in [3.63, 3.8) is 0 Å². The molecule has 0 aliphatic carbocycles. The second kappa shape index (κ2) is 11.0. The number of rotatable bonds is 8. The van der Waals surface area contributed by atoms with Gasteiger partial charge in [-0.3, -0.25) is 9.80 Å². The average Bonchev–Trinajstić information content (AvgIpc) is 2.80. The molecule has 1 aliphatic heterocycles. The topological polar surface area (TPSA) is 70.2 Å². The Bertz CT molecular complexity index is 945. The Hall–Kier alpha value is -2.26. The van der Waals surface area contributed by atoms with Crippen LogP contribution in [0.25, 0.3) is 0 Å². The van der Waals surface area contributed by atoms with E-state index in [1.165, 1.54) is 11.4 Å². The van der Waals surface area contributed by atoms with Gasteiger partial charge in [-0.2, -0.15) is 4.31 Å². The van der Waals surface area contributed by atoms with E-state index in [0.29, 0.717) is 24.2 Å². The van der Waals surface area contributed by atoms with Crippen LogP contribution in [0.15, 0.2) is 54.6 Å². The second-order valence-corrected chi connectivity index (χ2v) is 9.56. The second-order valence-electron chi connectivity index (χ2n) is 8.52. The molecule has 0 amide bonds. The van der Waals surface area contributed by atoms with Crippen molar-refractivity contribution in [1.82, 2.24) is 14.1 Å². The van der Waals surface area contributed by atoms with Gasteiger partial charge in [-0.25, -0.2) is 13.2 Å². The van der Waals surface area contributed by atoms with Crippen molar-refractivity contribution in [2.45, 2.75) is 38.5 Å². The van der Waals surface area contributed by atoms with Crippen molar-refractivity contribution in [3.8, 4) is 0 Å². The van der Waals surface area contributed by atoms with Gasteiger partial charge in [0.2, 0.25) is 10.9 Å². The number of nitrogens with zero attached hydrogens (tertiary/aromatic N) is 3. The highest BCUT2D eigenvalue weighted by Gasteiger charge is 2.32. The molecule has 3 rings (SSSR count). The summed E-state index contributed by atoms with van der Waals surface area (Å²) in [5, 5.41) is 0. The quantitative estimate of drug-likeness (QED) is 0.483. The monoisotopic (exact) mass is 459 g/mol. The van der Waals surface area contributed by atoms with E-state index in [0.717, 1.165) is 24.2 Å². The van der Waals surface area contributed by atoms with E-state index in [9.17, 15) is 13.2 Å². The maximum atomic E-state index is 12.2. The van der Waals surface area contributed by atoms with E-state index in [4.69, 9.17) is 4.74 Å². The third-order valence-electron chi connectivity index (χ3n) is 6.37. The van der Waals surface area contributed by atoms with Gasteiger partial charge < -0.3 is 4.74 Å². The summed E-state index contributed by atoms with van der Waals surface area (Å²) in [4.78, 5) is 16.4. The fourth-order valence-electron chi connectivity index (χ4n) is 4.27. The molecule has 2 aromatic rings. The Labute approximate surface area is 192 Å². The van der Waals surface area contributed by atoms with Gasteiger partial charge in [0.25, 0.3) is 0 Å². The Balaban J connectivity index is 1.83. The van der Waals surface area contributed by atoms with Gasteiger partial charge in [-0.05, 0) is 44.2 Å². The normalized spacial score (nSPS) is 21.1. The Kier molecular flexibility index (Phi) is 8.42. The SMILES string of the molecule is COC(=O)c1ccc(CN(CC(c2ccccc2)N2C[C@@H](C)N(C)[C@@H](C)C2)[SH](=O)=O)cc1. The van der Waals surface area contributed by atoms with Gasteiger partial charge in [-0.15, -0.1) is 0 Å². The number of benzene rings is 2. The van der Waals surface area contributed by atoms with Crippen LogP contribution in [0.5, 0.6) is 0 Å². The van der Waals surface area contributed by atoms with Crippen molar-refractivity contribution in [2.24, 2.45) is 0 Å². The van der Waals surface area contributed by atoms with Crippen LogP contribution in [-0.2, 0) is 22.2 Å². The number of hydrogen-bond donors (Lipinski definition) is 1. The number of esters is 1. The number of likely N-dealkylation sites (N-methyl/N-ethyl adjacent to an activating group) is 1. The summed E-state index contributed by atoms with van der Waals surface area (Å²) in [5.74, 6) is -0.411. The zero-order chi connectivity index (χ0) is 23.3. The fraction of sp³-hybridized carbons (Fsp3) is 0.458. The number of ether oxygens (including phenoxy) is 1. The highest BCUT2D eigenvalue weighted by atomic mass is 32.2. The predicted octanol–water partition coefficient (Wildman–Crippen LogP) is 2.57. The lowest BCUT2D eigenvalue weighted by atomic mass is 10.0. The zero-order valence-corrected chi connectivity index (χ0v) is 20.1. The first-order valence-electron chi connectivity index (χ1n) is 10.9. The van der Waals surface area contributed by atoms with Crippen LogP contribution >= 0.6 is 0 Å². The average molecular weight is 460 g/mol. The summed E-state index contributed by atoms with van der Waals surface area (Å²) in [5.41, 5.74) is 2.38. The number of piperazine rings is 1. The Morgan fingerprint density at radius 2 is 1.66 bits per heavy atom.